The molecule has 6 nitrogen and oxygen atoms in total. The van der Waals surface area contributed by atoms with Crippen molar-refractivity contribution in [3.8, 4) is 0 Å². The number of nitrogens with one attached hydrogen (secondary N) is 1. The van der Waals surface area contributed by atoms with Crippen molar-refractivity contribution in [2.24, 2.45) is 0 Å². The van der Waals surface area contributed by atoms with E-state index in [2.05, 4.69) is 15.6 Å². The van der Waals surface area contributed by atoms with Crippen molar-refractivity contribution >= 4 is 5.91 Å². The molecule has 1 N–H and O–H groups in total. The largest absolute Gasteiger partial charge is 0.336 e. The summed E-state index contributed by atoms with van der Waals surface area (Å²) in [5.41, 5.74) is 1.90. The number of hydrogen-bond acceptors (Lipinski definition) is 4. The summed E-state index contributed by atoms with van der Waals surface area (Å²) in [5.74, 6) is -0.502. The monoisotopic (exact) mass is 331 g/mol. The summed E-state index contributed by atoms with van der Waals surface area (Å²) >= 11 is 0. The second-order valence-corrected chi connectivity index (χ2v) is 6.24. The lowest BCUT2D eigenvalue weighted by Gasteiger charge is -2.23. The highest BCUT2D eigenvalue weighted by Crippen LogP contribution is 2.21. The number of carbonyl (C=O) groups excluding carboxylic acids is 1. The maximum atomic E-state index is 13.3. The predicted octanol–water partition coefficient (Wildman–Crippen LogP) is 1.92. The van der Waals surface area contributed by atoms with Crippen molar-refractivity contribution in [2.45, 2.75) is 32.4 Å². The van der Waals surface area contributed by atoms with Gasteiger partial charge < -0.3 is 10.2 Å². The molecule has 0 spiro atoms. The van der Waals surface area contributed by atoms with E-state index in [-0.39, 0.29) is 17.8 Å². The topological polar surface area (TPSA) is 63.1 Å². The molecule has 0 unspecified atom stereocenters. The van der Waals surface area contributed by atoms with Crippen LogP contribution in [-0.4, -0.2) is 45.9 Å². The Bertz CT molecular complexity index is 724. The smallest absolute Gasteiger partial charge is 0.276 e. The van der Waals surface area contributed by atoms with Crippen LogP contribution in [-0.2, 0) is 6.54 Å². The van der Waals surface area contributed by atoms with Gasteiger partial charge in [-0.2, -0.15) is 0 Å². The molecule has 1 amide bonds. The lowest BCUT2D eigenvalue weighted by molar-refractivity contribution is 0.0778. The molecule has 128 valence electrons. The highest BCUT2D eigenvalue weighted by molar-refractivity contribution is 5.93. The zero-order valence-corrected chi connectivity index (χ0v) is 14.0. The zero-order valence-electron chi connectivity index (χ0n) is 14.0. The normalized spacial score (nSPS) is 15.5. The Morgan fingerprint density at radius 3 is 2.88 bits per heavy atom. The van der Waals surface area contributed by atoms with Gasteiger partial charge >= 0.3 is 0 Å². The number of aromatic nitrogens is 3. The summed E-state index contributed by atoms with van der Waals surface area (Å²) in [7, 11) is 1.69. The van der Waals surface area contributed by atoms with E-state index in [1.807, 2.05) is 11.6 Å². The van der Waals surface area contributed by atoms with Gasteiger partial charge in [0.25, 0.3) is 5.91 Å². The van der Waals surface area contributed by atoms with Crippen LogP contribution in [0.2, 0.25) is 0 Å². The van der Waals surface area contributed by atoms with Crippen molar-refractivity contribution in [2.75, 3.05) is 20.1 Å². The molecule has 0 bridgehead atoms. The maximum Gasteiger partial charge on any atom is 0.276 e. The molecular formula is C17H22FN5O. The lowest BCUT2D eigenvalue weighted by Crippen LogP contribution is -2.30. The molecule has 0 radical (unpaired) electrons. The number of carbonyl (C=O) groups is 1. The number of piperidine rings is 1. The fourth-order valence-corrected chi connectivity index (χ4v) is 3.10. The first kappa shape index (κ1) is 16.6. The van der Waals surface area contributed by atoms with E-state index >= 15 is 0 Å². The summed E-state index contributed by atoms with van der Waals surface area (Å²) in [6.07, 6.45) is 1.97. The van der Waals surface area contributed by atoms with Gasteiger partial charge in [0.05, 0.1) is 11.7 Å². The number of hydrogen-bond donors (Lipinski definition) is 1. The van der Waals surface area contributed by atoms with Crippen LogP contribution >= 0.6 is 0 Å². The van der Waals surface area contributed by atoms with Gasteiger partial charge in [-0.15, -0.1) is 5.10 Å². The van der Waals surface area contributed by atoms with Crippen molar-refractivity contribution < 1.29 is 9.18 Å². The van der Waals surface area contributed by atoms with Crippen molar-refractivity contribution in [3.63, 3.8) is 0 Å². The van der Waals surface area contributed by atoms with Gasteiger partial charge in [0.15, 0.2) is 5.69 Å². The van der Waals surface area contributed by atoms with Gasteiger partial charge in [-0.1, -0.05) is 17.3 Å². The molecule has 2 heterocycles. The molecule has 1 saturated heterocycles. The minimum Gasteiger partial charge on any atom is -0.336 e. The van der Waals surface area contributed by atoms with Crippen LogP contribution in [0.4, 0.5) is 4.39 Å². The molecular weight excluding hydrogens is 309 g/mol. The average molecular weight is 331 g/mol. The highest BCUT2D eigenvalue weighted by Gasteiger charge is 2.24. The SMILES string of the molecule is Cc1c(C(=O)N(C)Cc2cccc(F)c2)nnn1C1CCNCC1. The maximum absolute atomic E-state index is 13.3. The molecule has 1 fully saturated rings. The third kappa shape index (κ3) is 3.46. The van der Waals surface area contributed by atoms with Gasteiger partial charge in [0.2, 0.25) is 0 Å². The molecule has 7 heteroatoms. The van der Waals surface area contributed by atoms with Crippen LogP contribution < -0.4 is 5.32 Å². The van der Waals surface area contributed by atoms with E-state index < -0.39 is 0 Å². The van der Waals surface area contributed by atoms with E-state index in [0.717, 1.165) is 37.2 Å². The van der Waals surface area contributed by atoms with E-state index in [1.54, 1.807) is 24.1 Å². The number of benzene rings is 1. The first-order valence-electron chi connectivity index (χ1n) is 8.18. The average Bonchev–Trinajstić information content (AvgIpc) is 2.96. The molecule has 24 heavy (non-hydrogen) atoms. The Morgan fingerprint density at radius 2 is 2.17 bits per heavy atom. The van der Waals surface area contributed by atoms with Crippen LogP contribution in [0.5, 0.6) is 0 Å². The number of amides is 1. The molecule has 1 aromatic carbocycles. The Kier molecular flexibility index (Phi) is 4.89. The summed E-state index contributed by atoms with van der Waals surface area (Å²) < 4.78 is 15.1. The summed E-state index contributed by atoms with van der Waals surface area (Å²) in [4.78, 5) is 14.2. The van der Waals surface area contributed by atoms with Gasteiger partial charge in [-0.25, -0.2) is 9.07 Å². The molecule has 0 saturated carbocycles. The molecule has 2 aromatic rings. The second-order valence-electron chi connectivity index (χ2n) is 6.24. The quantitative estimate of drug-likeness (QED) is 0.930. The van der Waals surface area contributed by atoms with Crippen molar-refractivity contribution in [3.05, 3.63) is 47.0 Å². The Hall–Kier alpha value is -2.28. The Labute approximate surface area is 140 Å². The first-order valence-corrected chi connectivity index (χ1v) is 8.18. The highest BCUT2D eigenvalue weighted by atomic mass is 19.1. The van der Waals surface area contributed by atoms with E-state index in [4.69, 9.17) is 0 Å². The fraction of sp³-hybridized carbons (Fsp3) is 0.471. The molecule has 1 aromatic heterocycles. The van der Waals surface area contributed by atoms with E-state index in [1.165, 1.54) is 12.1 Å². The van der Waals surface area contributed by atoms with E-state index in [0.29, 0.717) is 12.2 Å². The van der Waals surface area contributed by atoms with Crippen LogP contribution in [0.15, 0.2) is 24.3 Å². The Balaban J connectivity index is 1.73. The van der Waals surface area contributed by atoms with Gasteiger partial charge in [0, 0.05) is 13.6 Å². The molecule has 3 rings (SSSR count). The van der Waals surface area contributed by atoms with Gasteiger partial charge in [0.1, 0.15) is 5.82 Å². The van der Waals surface area contributed by atoms with Crippen molar-refractivity contribution in [1.29, 1.82) is 0 Å². The number of halogens is 1. The van der Waals surface area contributed by atoms with E-state index in [9.17, 15) is 9.18 Å². The van der Waals surface area contributed by atoms with Gasteiger partial charge in [-0.3, -0.25) is 4.79 Å². The number of nitrogens with zero attached hydrogens (tertiary/aromatic N) is 4. The Morgan fingerprint density at radius 1 is 1.42 bits per heavy atom. The molecule has 0 atom stereocenters. The van der Waals surface area contributed by atoms with Crippen molar-refractivity contribution in [1.82, 2.24) is 25.2 Å². The first-order chi connectivity index (χ1) is 11.6. The number of rotatable bonds is 4. The molecule has 1 aliphatic heterocycles. The standard InChI is InChI=1S/C17H22FN5O/c1-12-16(20-21-23(12)15-6-8-19-9-7-15)17(24)22(2)11-13-4-3-5-14(18)10-13/h3-5,10,15,19H,6-9,11H2,1-2H3. The minimum absolute atomic E-state index is 0.197. The fourth-order valence-electron chi connectivity index (χ4n) is 3.10. The van der Waals surface area contributed by atoms with Crippen LogP contribution in [0.25, 0.3) is 0 Å². The summed E-state index contributed by atoms with van der Waals surface area (Å²) in [5, 5.41) is 11.6. The molecule has 1 aliphatic rings. The van der Waals surface area contributed by atoms with Gasteiger partial charge in [-0.05, 0) is 50.6 Å². The summed E-state index contributed by atoms with van der Waals surface area (Å²) in [6.45, 7) is 4.11. The van der Waals surface area contributed by atoms with Crippen LogP contribution in [0.3, 0.4) is 0 Å². The molecule has 0 aliphatic carbocycles. The lowest BCUT2D eigenvalue weighted by atomic mass is 10.1. The second kappa shape index (κ2) is 7.09. The third-order valence-corrected chi connectivity index (χ3v) is 4.44. The minimum atomic E-state index is -0.304. The van der Waals surface area contributed by atoms with Crippen LogP contribution in [0, 0.1) is 12.7 Å². The third-order valence-electron chi connectivity index (χ3n) is 4.44. The zero-order chi connectivity index (χ0) is 17.1. The predicted molar refractivity (Wildman–Crippen MR) is 88.1 cm³/mol. The van der Waals surface area contributed by atoms with Crippen LogP contribution in [0.1, 0.15) is 40.6 Å². The summed E-state index contributed by atoms with van der Waals surface area (Å²) in [6, 6.07) is 6.55.